The van der Waals surface area contributed by atoms with Crippen molar-refractivity contribution in [2.75, 3.05) is 11.6 Å². The van der Waals surface area contributed by atoms with E-state index in [1.807, 2.05) is 6.26 Å². The summed E-state index contributed by atoms with van der Waals surface area (Å²) in [6.07, 6.45) is 14.1. The predicted molar refractivity (Wildman–Crippen MR) is 96.3 cm³/mol. The second kappa shape index (κ2) is 8.33. The Hall–Kier alpha value is -0.820. The van der Waals surface area contributed by atoms with Crippen LogP contribution in [0.1, 0.15) is 64.2 Å². The number of anilines is 1. The molecule has 1 heterocycles. The number of carbonyl (C=O) groups is 1. The fourth-order valence-electron chi connectivity index (χ4n) is 3.85. The average molecular weight is 355 g/mol. The van der Waals surface area contributed by atoms with E-state index in [1.165, 1.54) is 61.8 Å². The molecule has 2 aliphatic rings. The standard InChI is InChI=1S/C16H26N4OS2/c1-22-15-17-14(23-19-15)18-16(21)20(12-8-4-2-5-9-12)13-10-6-3-7-11-13/h12-13H,2-11H2,1H3,(H,17,18,19,21). The van der Waals surface area contributed by atoms with Gasteiger partial charge in [-0.05, 0) is 31.9 Å². The van der Waals surface area contributed by atoms with Gasteiger partial charge in [-0.25, -0.2) is 4.79 Å². The molecule has 0 bridgehead atoms. The SMILES string of the molecule is CSc1nsc(NC(=O)N(C2CCCCC2)C2CCCCC2)n1. The van der Waals surface area contributed by atoms with Crippen LogP contribution >= 0.6 is 23.3 Å². The van der Waals surface area contributed by atoms with E-state index in [9.17, 15) is 4.79 Å². The van der Waals surface area contributed by atoms with E-state index >= 15 is 0 Å². The van der Waals surface area contributed by atoms with E-state index in [-0.39, 0.29) is 6.03 Å². The molecule has 0 spiro atoms. The van der Waals surface area contributed by atoms with Gasteiger partial charge in [0.25, 0.3) is 0 Å². The van der Waals surface area contributed by atoms with Crippen LogP contribution in [-0.4, -0.2) is 38.6 Å². The Balaban J connectivity index is 1.71. The van der Waals surface area contributed by atoms with Crippen LogP contribution in [0.2, 0.25) is 0 Å². The lowest BCUT2D eigenvalue weighted by molar-refractivity contribution is 0.114. The van der Waals surface area contributed by atoms with Crippen molar-refractivity contribution in [3.63, 3.8) is 0 Å². The number of amides is 2. The first-order chi connectivity index (χ1) is 11.3. The first-order valence-corrected chi connectivity index (χ1v) is 10.7. The van der Waals surface area contributed by atoms with Crippen LogP contribution in [0.4, 0.5) is 9.93 Å². The maximum absolute atomic E-state index is 13.0. The monoisotopic (exact) mass is 354 g/mol. The van der Waals surface area contributed by atoms with Crippen molar-refractivity contribution >= 4 is 34.5 Å². The summed E-state index contributed by atoms with van der Waals surface area (Å²) < 4.78 is 4.23. The van der Waals surface area contributed by atoms with Crippen LogP contribution in [0.15, 0.2) is 5.16 Å². The van der Waals surface area contributed by atoms with Gasteiger partial charge in [-0.15, -0.1) is 0 Å². The third kappa shape index (κ3) is 4.38. The molecule has 2 saturated carbocycles. The van der Waals surface area contributed by atoms with Gasteiger partial charge in [0.1, 0.15) is 0 Å². The van der Waals surface area contributed by atoms with Crippen molar-refractivity contribution < 1.29 is 4.79 Å². The molecule has 0 aromatic carbocycles. The van der Waals surface area contributed by atoms with Crippen LogP contribution < -0.4 is 5.32 Å². The van der Waals surface area contributed by atoms with Crippen LogP contribution in [0.3, 0.4) is 0 Å². The highest BCUT2D eigenvalue weighted by Crippen LogP contribution is 2.31. The number of carbonyl (C=O) groups excluding carboxylic acids is 1. The number of nitrogens with zero attached hydrogens (tertiary/aromatic N) is 3. The molecule has 1 N–H and O–H groups in total. The maximum atomic E-state index is 13.0. The van der Waals surface area contributed by atoms with E-state index < -0.39 is 0 Å². The van der Waals surface area contributed by atoms with Gasteiger partial charge in [-0.3, -0.25) is 5.32 Å². The number of rotatable bonds is 4. The Labute approximate surface area is 146 Å². The number of urea groups is 1. The summed E-state index contributed by atoms with van der Waals surface area (Å²) in [6.45, 7) is 0. The zero-order chi connectivity index (χ0) is 16.1. The predicted octanol–water partition coefficient (Wildman–Crippen LogP) is 4.76. The summed E-state index contributed by atoms with van der Waals surface area (Å²) >= 11 is 2.78. The van der Waals surface area contributed by atoms with Crippen molar-refractivity contribution in [1.29, 1.82) is 0 Å². The molecule has 128 valence electrons. The lowest BCUT2D eigenvalue weighted by atomic mass is 9.89. The Bertz CT molecular complexity index is 492. The van der Waals surface area contributed by atoms with Gasteiger partial charge in [-0.1, -0.05) is 50.3 Å². The highest BCUT2D eigenvalue weighted by Gasteiger charge is 2.32. The summed E-state index contributed by atoms with van der Waals surface area (Å²) in [5, 5.41) is 4.36. The third-order valence-electron chi connectivity index (χ3n) is 4.97. The molecule has 0 unspecified atom stereocenters. The molecule has 0 saturated heterocycles. The summed E-state index contributed by atoms with van der Waals surface area (Å²) in [5.41, 5.74) is 0. The van der Waals surface area contributed by atoms with Crippen LogP contribution in [-0.2, 0) is 0 Å². The number of thioether (sulfide) groups is 1. The maximum Gasteiger partial charge on any atom is 0.324 e. The molecule has 5 nitrogen and oxygen atoms in total. The van der Waals surface area contributed by atoms with Crippen LogP contribution in [0.25, 0.3) is 0 Å². The topological polar surface area (TPSA) is 58.1 Å². The Morgan fingerprint density at radius 3 is 2.13 bits per heavy atom. The first-order valence-electron chi connectivity index (χ1n) is 8.75. The van der Waals surface area contributed by atoms with Gasteiger partial charge in [0.2, 0.25) is 10.3 Å². The first kappa shape index (κ1) is 17.0. The minimum Gasteiger partial charge on any atom is -0.319 e. The Kier molecular flexibility index (Phi) is 6.16. The Morgan fingerprint density at radius 2 is 1.65 bits per heavy atom. The summed E-state index contributed by atoms with van der Waals surface area (Å²) in [7, 11) is 0. The quantitative estimate of drug-likeness (QED) is 0.792. The molecule has 0 aliphatic heterocycles. The lowest BCUT2D eigenvalue weighted by Crippen LogP contribution is -2.50. The molecule has 1 aromatic heterocycles. The molecular weight excluding hydrogens is 328 g/mol. The second-order valence-corrected chi connectivity index (χ2v) is 8.03. The highest BCUT2D eigenvalue weighted by atomic mass is 32.2. The minimum absolute atomic E-state index is 0.0348. The highest BCUT2D eigenvalue weighted by molar-refractivity contribution is 7.98. The zero-order valence-corrected chi connectivity index (χ0v) is 15.4. The van der Waals surface area contributed by atoms with Gasteiger partial charge < -0.3 is 4.90 Å². The fraction of sp³-hybridized carbons (Fsp3) is 0.812. The molecule has 0 radical (unpaired) electrons. The Morgan fingerprint density at radius 1 is 1.09 bits per heavy atom. The molecule has 23 heavy (non-hydrogen) atoms. The van der Waals surface area contributed by atoms with Crippen LogP contribution in [0.5, 0.6) is 0 Å². The van der Waals surface area contributed by atoms with E-state index in [2.05, 4.69) is 19.6 Å². The number of hydrogen-bond acceptors (Lipinski definition) is 5. The van der Waals surface area contributed by atoms with Crippen molar-refractivity contribution in [2.24, 2.45) is 0 Å². The zero-order valence-electron chi connectivity index (χ0n) is 13.8. The summed E-state index contributed by atoms with van der Waals surface area (Å²) in [6, 6.07) is 0.840. The number of nitrogens with one attached hydrogen (secondary N) is 1. The average Bonchev–Trinajstić information content (AvgIpc) is 3.04. The van der Waals surface area contributed by atoms with Crippen molar-refractivity contribution in [3.05, 3.63) is 0 Å². The van der Waals surface area contributed by atoms with E-state index in [4.69, 9.17) is 0 Å². The number of aromatic nitrogens is 2. The fourth-order valence-corrected chi connectivity index (χ4v) is 4.96. The summed E-state index contributed by atoms with van der Waals surface area (Å²) in [4.78, 5) is 19.5. The molecule has 1 aromatic rings. The smallest absolute Gasteiger partial charge is 0.319 e. The minimum atomic E-state index is 0.0348. The molecule has 2 aliphatic carbocycles. The second-order valence-electron chi connectivity index (χ2n) is 6.51. The lowest BCUT2D eigenvalue weighted by Gasteiger charge is -2.41. The van der Waals surface area contributed by atoms with E-state index in [0.717, 1.165) is 30.8 Å². The molecule has 0 atom stereocenters. The van der Waals surface area contributed by atoms with Gasteiger partial charge in [0.15, 0.2) is 0 Å². The number of hydrogen-bond donors (Lipinski definition) is 1. The molecule has 2 fully saturated rings. The van der Waals surface area contributed by atoms with Crippen LogP contribution in [0, 0.1) is 0 Å². The van der Waals surface area contributed by atoms with E-state index in [1.54, 1.807) is 0 Å². The molecular formula is C16H26N4OS2. The van der Waals surface area contributed by atoms with Crippen molar-refractivity contribution in [3.8, 4) is 0 Å². The van der Waals surface area contributed by atoms with Crippen molar-refractivity contribution in [2.45, 2.75) is 81.4 Å². The normalized spacial score (nSPS) is 20.4. The molecule has 2 amide bonds. The van der Waals surface area contributed by atoms with Gasteiger partial charge in [-0.2, -0.15) is 9.36 Å². The molecule has 7 heteroatoms. The van der Waals surface area contributed by atoms with Gasteiger partial charge in [0.05, 0.1) is 0 Å². The third-order valence-corrected chi connectivity index (χ3v) is 6.27. The largest absolute Gasteiger partial charge is 0.324 e. The van der Waals surface area contributed by atoms with E-state index in [0.29, 0.717) is 17.2 Å². The molecule has 3 rings (SSSR count). The van der Waals surface area contributed by atoms with Crippen molar-refractivity contribution in [1.82, 2.24) is 14.3 Å². The van der Waals surface area contributed by atoms with Gasteiger partial charge in [0, 0.05) is 23.6 Å². The summed E-state index contributed by atoms with van der Waals surface area (Å²) in [5.74, 6) is 0. The van der Waals surface area contributed by atoms with Gasteiger partial charge >= 0.3 is 6.03 Å².